The SMILES string of the molecule is Cc1cc2c(cc1OCC1CC1C)CC1(CCCCC1)n1cc(C(=O)OF)c(=O)cc1-2. The molecule has 5 rings (SSSR count). The summed E-state index contributed by atoms with van der Waals surface area (Å²) < 4.78 is 20.8. The zero-order valence-corrected chi connectivity index (χ0v) is 18.1. The summed E-state index contributed by atoms with van der Waals surface area (Å²) in [5.74, 6) is 1.07. The van der Waals surface area contributed by atoms with Crippen molar-refractivity contribution < 1.29 is 19.0 Å². The summed E-state index contributed by atoms with van der Waals surface area (Å²) in [6.45, 7) is 5.02. The summed E-state index contributed by atoms with van der Waals surface area (Å²) in [4.78, 5) is 27.9. The lowest BCUT2D eigenvalue weighted by atomic mass is 9.73. The highest BCUT2D eigenvalue weighted by atomic mass is 19.3. The molecule has 2 atom stereocenters. The predicted molar refractivity (Wildman–Crippen MR) is 115 cm³/mol. The molecule has 2 aliphatic carbocycles. The molecule has 3 aliphatic rings. The number of halogens is 1. The molecule has 5 nitrogen and oxygen atoms in total. The van der Waals surface area contributed by atoms with Crippen molar-refractivity contribution in [3.8, 4) is 17.0 Å². The quantitative estimate of drug-likeness (QED) is 0.683. The van der Waals surface area contributed by atoms with E-state index in [9.17, 15) is 14.1 Å². The summed E-state index contributed by atoms with van der Waals surface area (Å²) >= 11 is 0. The fourth-order valence-corrected chi connectivity index (χ4v) is 5.49. The van der Waals surface area contributed by atoms with Crippen LogP contribution in [0.2, 0.25) is 0 Å². The zero-order chi connectivity index (χ0) is 21.8. The number of hydrogen-bond acceptors (Lipinski definition) is 4. The van der Waals surface area contributed by atoms with Crippen molar-refractivity contribution in [3.63, 3.8) is 0 Å². The monoisotopic (exact) mass is 425 g/mol. The van der Waals surface area contributed by atoms with Crippen molar-refractivity contribution in [2.75, 3.05) is 6.61 Å². The number of rotatable bonds is 4. The number of carbonyl (C=O) groups excluding carboxylic acids is 1. The molecule has 1 spiro atoms. The first-order valence-corrected chi connectivity index (χ1v) is 11.3. The first kappa shape index (κ1) is 20.3. The maximum absolute atomic E-state index is 12.6. The molecule has 1 aliphatic heterocycles. The van der Waals surface area contributed by atoms with Crippen LogP contribution in [-0.2, 0) is 16.9 Å². The van der Waals surface area contributed by atoms with Crippen molar-refractivity contribution in [1.82, 2.24) is 4.57 Å². The highest BCUT2D eigenvalue weighted by molar-refractivity contribution is 5.89. The molecular formula is C25H28FNO4. The lowest BCUT2D eigenvalue weighted by molar-refractivity contribution is -0.0790. The third-order valence-corrected chi connectivity index (χ3v) is 7.56. The van der Waals surface area contributed by atoms with Crippen LogP contribution in [0.15, 0.2) is 29.2 Å². The van der Waals surface area contributed by atoms with E-state index < -0.39 is 11.4 Å². The van der Waals surface area contributed by atoms with Crippen LogP contribution in [-0.4, -0.2) is 17.1 Å². The summed E-state index contributed by atoms with van der Waals surface area (Å²) in [6, 6.07) is 5.69. The van der Waals surface area contributed by atoms with Crippen molar-refractivity contribution in [2.24, 2.45) is 11.8 Å². The number of aryl methyl sites for hydroxylation is 1. The van der Waals surface area contributed by atoms with Gasteiger partial charge in [0, 0.05) is 27.9 Å². The Balaban J connectivity index is 1.62. The third kappa shape index (κ3) is 3.46. The second-order valence-corrected chi connectivity index (χ2v) is 9.69. The Morgan fingerprint density at radius 3 is 2.65 bits per heavy atom. The van der Waals surface area contributed by atoms with Gasteiger partial charge in [0.25, 0.3) is 0 Å². The van der Waals surface area contributed by atoms with E-state index in [0.717, 1.165) is 67.2 Å². The number of benzene rings is 1. The van der Waals surface area contributed by atoms with E-state index in [2.05, 4.69) is 24.0 Å². The fourth-order valence-electron chi connectivity index (χ4n) is 5.49. The van der Waals surface area contributed by atoms with E-state index in [-0.39, 0.29) is 11.1 Å². The molecular weight excluding hydrogens is 397 g/mol. The molecule has 164 valence electrons. The second-order valence-electron chi connectivity index (χ2n) is 9.69. The Morgan fingerprint density at radius 1 is 1.23 bits per heavy atom. The Labute approximate surface area is 181 Å². The van der Waals surface area contributed by atoms with Gasteiger partial charge in [-0.25, -0.2) is 9.74 Å². The molecule has 0 bridgehead atoms. The summed E-state index contributed by atoms with van der Waals surface area (Å²) in [6.07, 6.45) is 8.79. The fraction of sp³-hybridized carbons (Fsp3) is 0.520. The van der Waals surface area contributed by atoms with E-state index in [1.165, 1.54) is 30.7 Å². The highest BCUT2D eigenvalue weighted by Gasteiger charge is 2.40. The Kier molecular flexibility index (Phi) is 4.91. The largest absolute Gasteiger partial charge is 0.493 e. The van der Waals surface area contributed by atoms with E-state index >= 15 is 0 Å². The summed E-state index contributed by atoms with van der Waals surface area (Å²) in [5, 5.41) is 0. The first-order chi connectivity index (χ1) is 14.9. The molecule has 0 saturated heterocycles. The maximum atomic E-state index is 12.6. The van der Waals surface area contributed by atoms with E-state index in [4.69, 9.17) is 4.74 Å². The van der Waals surface area contributed by atoms with Gasteiger partial charge in [-0.1, -0.05) is 26.2 Å². The molecule has 2 aromatic rings. The number of pyridine rings is 1. The molecule has 1 aromatic carbocycles. The Bertz CT molecular complexity index is 1100. The van der Waals surface area contributed by atoms with Gasteiger partial charge in [0.15, 0.2) is 5.43 Å². The minimum absolute atomic E-state index is 0.225. The van der Waals surface area contributed by atoms with E-state index in [1.807, 2.05) is 11.5 Å². The number of aromatic nitrogens is 1. The third-order valence-electron chi connectivity index (χ3n) is 7.56. The molecule has 2 heterocycles. The van der Waals surface area contributed by atoms with Crippen LogP contribution in [0.1, 0.15) is 66.9 Å². The van der Waals surface area contributed by atoms with E-state index in [0.29, 0.717) is 5.92 Å². The molecule has 1 aromatic heterocycles. The lowest BCUT2D eigenvalue weighted by Crippen LogP contribution is -2.42. The molecule has 2 fully saturated rings. The van der Waals surface area contributed by atoms with Gasteiger partial charge in [-0.15, -0.1) is 0 Å². The molecule has 0 amide bonds. The molecule has 0 N–H and O–H groups in total. The Hall–Kier alpha value is -2.63. The number of nitrogens with zero attached hydrogens (tertiary/aromatic N) is 1. The van der Waals surface area contributed by atoms with Gasteiger partial charge in [-0.2, -0.15) is 0 Å². The lowest BCUT2D eigenvalue weighted by Gasteiger charge is -2.45. The van der Waals surface area contributed by atoms with Gasteiger partial charge >= 0.3 is 5.97 Å². The molecule has 2 unspecified atom stereocenters. The summed E-state index contributed by atoms with van der Waals surface area (Å²) in [5.41, 5.74) is 2.97. The molecule has 2 saturated carbocycles. The molecule has 0 radical (unpaired) electrons. The van der Waals surface area contributed by atoms with Crippen LogP contribution in [0.3, 0.4) is 0 Å². The van der Waals surface area contributed by atoms with Gasteiger partial charge in [-0.05, 0) is 67.7 Å². The van der Waals surface area contributed by atoms with Gasteiger partial charge in [0.2, 0.25) is 0 Å². The normalized spacial score (nSPS) is 23.1. The maximum Gasteiger partial charge on any atom is 0.384 e. The topological polar surface area (TPSA) is 57.5 Å². The van der Waals surface area contributed by atoms with E-state index in [1.54, 1.807) is 0 Å². The van der Waals surface area contributed by atoms with Crippen molar-refractivity contribution in [2.45, 2.75) is 64.3 Å². The predicted octanol–water partition coefficient (Wildman–Crippen LogP) is 5.12. The average molecular weight is 426 g/mol. The standard InChI is InChI=1S/C25H28FNO4/c1-15-8-18(15)14-30-23-10-17-12-25(6-4-3-5-7-25)27-13-20(24(29)31-26)22(28)11-21(27)19(17)9-16(23)2/h9-11,13,15,18H,3-8,12,14H2,1-2H3. The number of ether oxygens (including phenoxy) is 1. The van der Waals surface area contributed by atoms with Crippen molar-refractivity contribution in [1.29, 1.82) is 0 Å². The minimum atomic E-state index is -1.23. The van der Waals surface area contributed by atoms with Crippen LogP contribution < -0.4 is 10.2 Å². The van der Waals surface area contributed by atoms with Crippen LogP contribution in [0, 0.1) is 18.8 Å². The van der Waals surface area contributed by atoms with Crippen molar-refractivity contribution in [3.05, 3.63) is 51.3 Å². The van der Waals surface area contributed by atoms with Gasteiger partial charge in [0.1, 0.15) is 11.3 Å². The minimum Gasteiger partial charge on any atom is -0.493 e. The summed E-state index contributed by atoms with van der Waals surface area (Å²) in [7, 11) is 0. The first-order valence-electron chi connectivity index (χ1n) is 11.3. The number of carbonyl (C=O) groups is 1. The second kappa shape index (κ2) is 7.50. The van der Waals surface area contributed by atoms with Crippen LogP contribution in [0.5, 0.6) is 5.75 Å². The van der Waals surface area contributed by atoms with Gasteiger partial charge < -0.3 is 9.30 Å². The molecule has 31 heavy (non-hydrogen) atoms. The zero-order valence-electron chi connectivity index (χ0n) is 18.1. The van der Waals surface area contributed by atoms with Crippen LogP contribution >= 0.6 is 0 Å². The highest BCUT2D eigenvalue weighted by Crippen LogP contribution is 2.47. The average Bonchev–Trinajstić information content (AvgIpc) is 3.48. The smallest absolute Gasteiger partial charge is 0.384 e. The number of fused-ring (bicyclic) bond motifs is 4. The van der Waals surface area contributed by atoms with Crippen LogP contribution in [0.25, 0.3) is 11.3 Å². The van der Waals surface area contributed by atoms with Crippen LogP contribution in [0.4, 0.5) is 4.53 Å². The molecule has 6 heteroatoms. The van der Waals surface area contributed by atoms with Crippen molar-refractivity contribution >= 4 is 5.97 Å². The number of hydrogen-bond donors (Lipinski definition) is 0. The Morgan fingerprint density at radius 2 is 1.97 bits per heavy atom. The van der Waals surface area contributed by atoms with Gasteiger partial charge in [-0.3, -0.25) is 4.79 Å². The van der Waals surface area contributed by atoms with Gasteiger partial charge in [0.05, 0.1) is 12.3 Å².